The number of aromatic nitrogens is 3. The Balaban J connectivity index is 1.60. The van der Waals surface area contributed by atoms with Crippen LogP contribution >= 0.6 is 0 Å². The van der Waals surface area contributed by atoms with Gasteiger partial charge in [-0.3, -0.25) is 19.6 Å². The highest BCUT2D eigenvalue weighted by Gasteiger charge is 2.12. The van der Waals surface area contributed by atoms with Crippen LogP contribution in [0.2, 0.25) is 0 Å². The van der Waals surface area contributed by atoms with Crippen LogP contribution in [-0.2, 0) is 13.1 Å². The Morgan fingerprint density at radius 2 is 1.12 bits per heavy atom. The van der Waals surface area contributed by atoms with Crippen molar-refractivity contribution in [3.8, 4) is 0 Å². The summed E-state index contributed by atoms with van der Waals surface area (Å²) in [6.45, 7) is 0.725. The molecule has 0 saturated heterocycles. The van der Waals surface area contributed by atoms with Crippen LogP contribution in [-0.4, -0.2) is 26.8 Å². The quantitative estimate of drug-likeness (QED) is 0.708. The van der Waals surface area contributed by atoms with Crippen molar-refractivity contribution < 1.29 is 9.59 Å². The predicted octanol–water partition coefficient (Wildman–Crippen LogP) is 1.73. The molecule has 26 heavy (non-hydrogen) atoms. The molecule has 0 saturated carbocycles. The van der Waals surface area contributed by atoms with E-state index in [0.717, 1.165) is 11.1 Å². The number of hydrogen-bond acceptors (Lipinski definition) is 5. The second kappa shape index (κ2) is 8.48. The third-order valence-electron chi connectivity index (χ3n) is 3.62. The Kier molecular flexibility index (Phi) is 5.61. The lowest BCUT2D eigenvalue weighted by Gasteiger charge is -2.07. The summed E-state index contributed by atoms with van der Waals surface area (Å²) in [5, 5.41) is 5.54. The summed E-state index contributed by atoms with van der Waals surface area (Å²) in [6, 6.07) is 12.0. The Morgan fingerprint density at radius 3 is 1.54 bits per heavy atom. The van der Waals surface area contributed by atoms with Crippen molar-refractivity contribution in [2.24, 2.45) is 0 Å². The molecule has 0 unspecified atom stereocenters. The Morgan fingerprint density at radius 1 is 0.692 bits per heavy atom. The molecule has 0 aliphatic heterocycles. The monoisotopic (exact) mass is 347 g/mol. The zero-order valence-corrected chi connectivity index (χ0v) is 13.9. The molecule has 2 N–H and O–H groups in total. The second-order valence-corrected chi connectivity index (χ2v) is 5.48. The first-order valence-corrected chi connectivity index (χ1v) is 8.03. The molecule has 0 atom stereocenters. The molecule has 0 aliphatic carbocycles. The molecule has 0 aliphatic rings. The molecular weight excluding hydrogens is 330 g/mol. The number of rotatable bonds is 6. The van der Waals surface area contributed by atoms with Gasteiger partial charge in [0.1, 0.15) is 11.4 Å². The van der Waals surface area contributed by atoms with Crippen LogP contribution in [0.5, 0.6) is 0 Å². The van der Waals surface area contributed by atoms with Crippen LogP contribution < -0.4 is 10.6 Å². The predicted molar refractivity (Wildman–Crippen MR) is 95.1 cm³/mol. The summed E-state index contributed by atoms with van der Waals surface area (Å²) < 4.78 is 0. The number of nitrogens with one attached hydrogen (secondary N) is 2. The highest BCUT2D eigenvalue weighted by Crippen LogP contribution is 2.03. The fourth-order valence-corrected chi connectivity index (χ4v) is 2.23. The molecule has 0 radical (unpaired) electrons. The standard InChI is InChI=1S/C19H17N5O2/c25-18(22-12-14-4-8-20-9-5-14)16-2-1-3-17(24-16)19(26)23-13-15-6-10-21-11-7-15/h1-11H,12-13H2,(H,22,25)(H,23,26). The second-order valence-electron chi connectivity index (χ2n) is 5.48. The molecule has 0 aromatic carbocycles. The number of carbonyl (C=O) groups is 2. The van der Waals surface area contributed by atoms with Crippen LogP contribution in [0.4, 0.5) is 0 Å². The SMILES string of the molecule is O=C(NCc1ccncc1)c1cccc(C(=O)NCc2ccncc2)n1. The number of amides is 2. The van der Waals surface area contributed by atoms with Gasteiger partial charge in [0, 0.05) is 37.9 Å². The molecule has 130 valence electrons. The number of carbonyl (C=O) groups excluding carboxylic acids is 2. The van der Waals surface area contributed by atoms with E-state index in [1.807, 2.05) is 24.3 Å². The molecule has 0 spiro atoms. The van der Waals surface area contributed by atoms with E-state index < -0.39 is 0 Å². The van der Waals surface area contributed by atoms with Gasteiger partial charge in [-0.05, 0) is 47.5 Å². The number of hydrogen-bond donors (Lipinski definition) is 2. The summed E-state index contributed by atoms with van der Waals surface area (Å²) in [7, 11) is 0. The van der Waals surface area contributed by atoms with E-state index >= 15 is 0 Å². The normalized spacial score (nSPS) is 10.2. The maximum absolute atomic E-state index is 12.2. The third-order valence-corrected chi connectivity index (χ3v) is 3.62. The maximum Gasteiger partial charge on any atom is 0.270 e. The van der Waals surface area contributed by atoms with Gasteiger partial charge in [-0.2, -0.15) is 0 Å². The molecule has 0 fully saturated rings. The summed E-state index contributed by atoms with van der Waals surface area (Å²) >= 11 is 0. The van der Waals surface area contributed by atoms with Crippen molar-refractivity contribution in [2.75, 3.05) is 0 Å². The van der Waals surface area contributed by atoms with Gasteiger partial charge in [0.2, 0.25) is 0 Å². The minimum absolute atomic E-state index is 0.190. The van der Waals surface area contributed by atoms with E-state index in [-0.39, 0.29) is 23.2 Å². The molecule has 3 rings (SSSR count). The fourth-order valence-electron chi connectivity index (χ4n) is 2.23. The van der Waals surface area contributed by atoms with E-state index in [9.17, 15) is 9.59 Å². The van der Waals surface area contributed by atoms with E-state index in [4.69, 9.17) is 0 Å². The first-order valence-electron chi connectivity index (χ1n) is 8.03. The highest BCUT2D eigenvalue weighted by molar-refractivity contribution is 5.96. The molecule has 0 bridgehead atoms. The average Bonchev–Trinajstić information content (AvgIpc) is 2.72. The molecule has 3 heterocycles. The van der Waals surface area contributed by atoms with Gasteiger partial charge in [0.15, 0.2) is 0 Å². The Hall–Kier alpha value is -3.61. The third kappa shape index (κ3) is 4.70. The lowest BCUT2D eigenvalue weighted by molar-refractivity contribution is 0.0941. The molecule has 7 heteroatoms. The van der Waals surface area contributed by atoms with Crippen LogP contribution in [0.15, 0.2) is 67.3 Å². The van der Waals surface area contributed by atoms with Gasteiger partial charge in [0.05, 0.1) is 0 Å². The minimum atomic E-state index is -0.342. The minimum Gasteiger partial charge on any atom is -0.347 e. The number of pyridine rings is 3. The van der Waals surface area contributed by atoms with Gasteiger partial charge in [0.25, 0.3) is 11.8 Å². The van der Waals surface area contributed by atoms with Gasteiger partial charge >= 0.3 is 0 Å². The van der Waals surface area contributed by atoms with E-state index in [2.05, 4.69) is 25.6 Å². The number of nitrogens with zero attached hydrogens (tertiary/aromatic N) is 3. The Bertz CT molecular complexity index is 814. The zero-order chi connectivity index (χ0) is 18.2. The van der Waals surface area contributed by atoms with E-state index in [0.29, 0.717) is 13.1 Å². The highest BCUT2D eigenvalue weighted by atomic mass is 16.2. The van der Waals surface area contributed by atoms with Crippen molar-refractivity contribution in [1.29, 1.82) is 0 Å². The zero-order valence-electron chi connectivity index (χ0n) is 13.9. The average molecular weight is 347 g/mol. The largest absolute Gasteiger partial charge is 0.347 e. The van der Waals surface area contributed by atoms with Crippen molar-refractivity contribution in [3.63, 3.8) is 0 Å². The van der Waals surface area contributed by atoms with Gasteiger partial charge in [-0.1, -0.05) is 6.07 Å². The Labute approximate surface area is 150 Å². The first kappa shape index (κ1) is 17.2. The lowest BCUT2D eigenvalue weighted by Crippen LogP contribution is -2.27. The van der Waals surface area contributed by atoms with Crippen molar-refractivity contribution in [2.45, 2.75) is 13.1 Å². The van der Waals surface area contributed by atoms with Crippen molar-refractivity contribution in [1.82, 2.24) is 25.6 Å². The lowest BCUT2D eigenvalue weighted by atomic mass is 10.2. The fraction of sp³-hybridized carbons (Fsp3) is 0.105. The van der Waals surface area contributed by atoms with E-state index in [1.54, 1.807) is 43.0 Å². The molecule has 7 nitrogen and oxygen atoms in total. The summed E-state index contributed by atoms with van der Waals surface area (Å²) in [5.74, 6) is -0.684. The van der Waals surface area contributed by atoms with E-state index in [1.165, 1.54) is 0 Å². The van der Waals surface area contributed by atoms with Gasteiger partial charge < -0.3 is 10.6 Å². The van der Waals surface area contributed by atoms with Gasteiger partial charge in [-0.25, -0.2) is 4.98 Å². The smallest absolute Gasteiger partial charge is 0.270 e. The molecular formula is C19H17N5O2. The summed E-state index contributed by atoms with van der Waals surface area (Å²) in [4.78, 5) is 36.5. The van der Waals surface area contributed by atoms with Crippen molar-refractivity contribution in [3.05, 3.63) is 89.8 Å². The van der Waals surface area contributed by atoms with Gasteiger partial charge in [-0.15, -0.1) is 0 Å². The van der Waals surface area contributed by atoms with Crippen LogP contribution in [0, 0.1) is 0 Å². The van der Waals surface area contributed by atoms with Crippen LogP contribution in [0.1, 0.15) is 32.1 Å². The maximum atomic E-state index is 12.2. The summed E-state index contributed by atoms with van der Waals surface area (Å²) in [5.41, 5.74) is 2.24. The van der Waals surface area contributed by atoms with Crippen LogP contribution in [0.25, 0.3) is 0 Å². The van der Waals surface area contributed by atoms with Crippen LogP contribution in [0.3, 0.4) is 0 Å². The molecule has 3 aromatic heterocycles. The topological polar surface area (TPSA) is 96.9 Å². The summed E-state index contributed by atoms with van der Waals surface area (Å²) in [6.07, 6.45) is 6.64. The van der Waals surface area contributed by atoms with Crippen molar-refractivity contribution >= 4 is 11.8 Å². The first-order chi connectivity index (χ1) is 12.7. The molecule has 2 amide bonds. The molecule has 3 aromatic rings.